The number of anilines is 3. The number of nitrogens with one attached hydrogen (secondary N) is 1. The molecule has 0 saturated carbocycles. The summed E-state index contributed by atoms with van der Waals surface area (Å²) in [7, 11) is 1.41. The molecule has 0 aliphatic heterocycles. The van der Waals surface area contributed by atoms with Crippen molar-refractivity contribution < 1.29 is 4.39 Å². The van der Waals surface area contributed by atoms with Crippen molar-refractivity contribution in [3.05, 3.63) is 55.3 Å². The van der Waals surface area contributed by atoms with Crippen molar-refractivity contribution in [3.63, 3.8) is 0 Å². The minimum atomic E-state index is -0.517. The summed E-state index contributed by atoms with van der Waals surface area (Å²) in [5.74, 6) is -0.428. The molecule has 0 atom stereocenters. The molecular formula is C17H17ClFN5O2S. The molecule has 10 heteroatoms. The Hall–Kier alpha value is -2.65. The fourth-order valence-corrected chi connectivity index (χ4v) is 3.51. The maximum atomic E-state index is 13.3. The Morgan fingerprint density at radius 1 is 1.37 bits per heavy atom. The highest BCUT2D eigenvalue weighted by molar-refractivity contribution is 7.14. The lowest BCUT2D eigenvalue weighted by atomic mass is 10.2. The number of nitrogens with zero attached hydrogens (tertiary/aromatic N) is 3. The highest BCUT2D eigenvalue weighted by Crippen LogP contribution is 2.29. The zero-order valence-electron chi connectivity index (χ0n) is 14.6. The molecule has 27 heavy (non-hydrogen) atoms. The number of hydrogen-bond acceptors (Lipinski definition) is 6. The molecule has 7 nitrogen and oxygen atoms in total. The Labute approximate surface area is 162 Å². The number of nitrogen functional groups attached to an aromatic ring is 1. The summed E-state index contributed by atoms with van der Waals surface area (Å²) in [5, 5.41) is 5.13. The van der Waals surface area contributed by atoms with Crippen molar-refractivity contribution in [2.45, 2.75) is 19.9 Å². The van der Waals surface area contributed by atoms with Crippen LogP contribution in [0.5, 0.6) is 0 Å². The first-order valence-corrected chi connectivity index (χ1v) is 9.36. The van der Waals surface area contributed by atoms with Crippen LogP contribution in [0, 0.1) is 5.82 Å². The summed E-state index contributed by atoms with van der Waals surface area (Å²) in [4.78, 5) is 29.2. The van der Waals surface area contributed by atoms with Gasteiger partial charge in [-0.25, -0.2) is 14.2 Å². The summed E-state index contributed by atoms with van der Waals surface area (Å²) in [6, 6.07) is 4.21. The molecule has 1 aromatic carbocycles. The predicted molar refractivity (Wildman–Crippen MR) is 106 cm³/mol. The van der Waals surface area contributed by atoms with Crippen LogP contribution in [0.25, 0.3) is 11.3 Å². The van der Waals surface area contributed by atoms with E-state index in [9.17, 15) is 14.0 Å². The van der Waals surface area contributed by atoms with Crippen molar-refractivity contribution in [2.24, 2.45) is 7.05 Å². The van der Waals surface area contributed by atoms with Crippen LogP contribution in [0.3, 0.4) is 0 Å². The van der Waals surface area contributed by atoms with Gasteiger partial charge in [-0.15, -0.1) is 11.3 Å². The largest absolute Gasteiger partial charge is 0.384 e. The first kappa shape index (κ1) is 19.1. The van der Waals surface area contributed by atoms with E-state index in [2.05, 4.69) is 10.3 Å². The number of nitrogens with two attached hydrogens (primary N) is 1. The van der Waals surface area contributed by atoms with Crippen molar-refractivity contribution in [3.8, 4) is 11.3 Å². The first-order chi connectivity index (χ1) is 12.8. The van der Waals surface area contributed by atoms with Crippen molar-refractivity contribution in [2.75, 3.05) is 11.1 Å². The van der Waals surface area contributed by atoms with Crippen LogP contribution in [0.15, 0.2) is 33.2 Å². The second-order valence-corrected chi connectivity index (χ2v) is 7.12. The van der Waals surface area contributed by atoms with Gasteiger partial charge in [-0.1, -0.05) is 18.5 Å². The summed E-state index contributed by atoms with van der Waals surface area (Å²) >= 11 is 7.02. The van der Waals surface area contributed by atoms with E-state index < -0.39 is 17.1 Å². The highest BCUT2D eigenvalue weighted by Gasteiger charge is 2.19. The van der Waals surface area contributed by atoms with Gasteiger partial charge in [0.2, 0.25) is 0 Å². The fraction of sp³-hybridized carbons (Fsp3) is 0.235. The van der Waals surface area contributed by atoms with E-state index >= 15 is 0 Å². The molecule has 3 N–H and O–H groups in total. The number of halogens is 2. The van der Waals surface area contributed by atoms with Crippen LogP contribution < -0.4 is 22.3 Å². The first-order valence-electron chi connectivity index (χ1n) is 8.10. The van der Waals surface area contributed by atoms with Crippen molar-refractivity contribution in [1.82, 2.24) is 14.1 Å². The van der Waals surface area contributed by atoms with E-state index in [-0.39, 0.29) is 16.4 Å². The van der Waals surface area contributed by atoms with Crippen molar-refractivity contribution >= 4 is 39.6 Å². The van der Waals surface area contributed by atoms with Gasteiger partial charge in [0, 0.05) is 24.7 Å². The zero-order valence-corrected chi connectivity index (χ0v) is 16.2. The molecule has 0 amide bonds. The minimum absolute atomic E-state index is 0.0125. The number of aromatic nitrogens is 3. The average molecular weight is 410 g/mol. The van der Waals surface area contributed by atoms with Gasteiger partial charge in [0.15, 0.2) is 5.13 Å². The maximum absolute atomic E-state index is 13.3. The number of hydrogen-bond donors (Lipinski definition) is 2. The second-order valence-electron chi connectivity index (χ2n) is 5.85. The normalized spacial score (nSPS) is 11.0. The van der Waals surface area contributed by atoms with E-state index in [4.69, 9.17) is 17.3 Å². The lowest BCUT2D eigenvalue weighted by Crippen LogP contribution is -2.40. The van der Waals surface area contributed by atoms with E-state index in [1.807, 2.05) is 6.92 Å². The molecule has 2 heterocycles. The lowest BCUT2D eigenvalue weighted by Gasteiger charge is -2.13. The molecule has 2 aromatic heterocycles. The van der Waals surface area contributed by atoms with Crippen LogP contribution >= 0.6 is 22.9 Å². The molecule has 0 spiro atoms. The van der Waals surface area contributed by atoms with Gasteiger partial charge in [0.25, 0.3) is 5.56 Å². The van der Waals surface area contributed by atoms with Crippen LogP contribution in [0.1, 0.15) is 13.3 Å². The smallest absolute Gasteiger partial charge is 0.332 e. The molecular weight excluding hydrogens is 393 g/mol. The molecule has 0 bridgehead atoms. The third-order valence-corrected chi connectivity index (χ3v) is 5.01. The van der Waals surface area contributed by atoms with E-state index in [1.165, 1.54) is 41.2 Å². The quantitative estimate of drug-likeness (QED) is 0.674. The predicted octanol–water partition coefficient (Wildman–Crippen LogP) is 3.20. The Morgan fingerprint density at radius 2 is 2.11 bits per heavy atom. The third kappa shape index (κ3) is 3.60. The van der Waals surface area contributed by atoms with Gasteiger partial charge in [0.05, 0.1) is 10.7 Å². The Balaban J connectivity index is 2.02. The molecule has 3 aromatic rings. The van der Waals surface area contributed by atoms with Gasteiger partial charge >= 0.3 is 5.69 Å². The second kappa shape index (κ2) is 7.53. The summed E-state index contributed by atoms with van der Waals surface area (Å²) < 4.78 is 15.7. The van der Waals surface area contributed by atoms with Crippen LogP contribution in [0.4, 0.5) is 21.0 Å². The van der Waals surface area contributed by atoms with Crippen LogP contribution in [-0.2, 0) is 13.6 Å². The van der Waals surface area contributed by atoms with E-state index in [0.29, 0.717) is 29.5 Å². The fourth-order valence-electron chi connectivity index (χ4n) is 2.61. The average Bonchev–Trinajstić information content (AvgIpc) is 3.08. The van der Waals surface area contributed by atoms with Gasteiger partial charge < -0.3 is 11.1 Å². The lowest BCUT2D eigenvalue weighted by molar-refractivity contribution is 0.600. The Bertz CT molecular complexity index is 1120. The summed E-state index contributed by atoms with van der Waals surface area (Å²) in [6.45, 7) is 2.31. The molecule has 0 saturated heterocycles. The number of rotatable bonds is 5. The van der Waals surface area contributed by atoms with Gasteiger partial charge in [-0.2, -0.15) is 0 Å². The topological polar surface area (TPSA) is 94.9 Å². The number of thiazole rings is 1. The Morgan fingerprint density at radius 3 is 2.78 bits per heavy atom. The summed E-state index contributed by atoms with van der Waals surface area (Å²) in [6.07, 6.45) is 0.691. The maximum Gasteiger partial charge on any atom is 0.332 e. The molecule has 142 valence electrons. The Kier molecular flexibility index (Phi) is 5.33. The summed E-state index contributed by atoms with van der Waals surface area (Å²) in [5.41, 5.74) is 6.22. The van der Waals surface area contributed by atoms with Crippen LogP contribution in [-0.4, -0.2) is 14.1 Å². The van der Waals surface area contributed by atoms with Gasteiger partial charge in [0.1, 0.15) is 17.2 Å². The van der Waals surface area contributed by atoms with Crippen LogP contribution in [0.2, 0.25) is 5.02 Å². The molecule has 0 aliphatic carbocycles. The number of benzene rings is 1. The standard InChI is InChI=1S/C17H17ClFN5O2S/c1-3-6-24-14(20)13(15(25)23(2)17(24)26)12-8-27-16(22-12)21-9-4-5-11(19)10(18)7-9/h4-5,7-8H,3,6,20H2,1-2H3,(H,21,22). The SMILES string of the molecule is CCCn1c(N)c(-c2csc(Nc3ccc(F)c(Cl)c3)n2)c(=O)n(C)c1=O. The zero-order chi connectivity index (χ0) is 19.7. The molecule has 0 aliphatic rings. The monoisotopic (exact) mass is 409 g/mol. The molecule has 0 unspecified atom stereocenters. The molecule has 0 radical (unpaired) electrons. The van der Waals surface area contributed by atoms with E-state index in [0.717, 1.165) is 4.57 Å². The van der Waals surface area contributed by atoms with Gasteiger partial charge in [-0.3, -0.25) is 13.9 Å². The van der Waals surface area contributed by atoms with Crippen molar-refractivity contribution in [1.29, 1.82) is 0 Å². The molecule has 3 rings (SSSR count). The highest BCUT2D eigenvalue weighted by atomic mass is 35.5. The van der Waals surface area contributed by atoms with E-state index in [1.54, 1.807) is 5.38 Å². The van der Waals surface area contributed by atoms with Gasteiger partial charge in [-0.05, 0) is 24.6 Å². The molecule has 0 fully saturated rings. The minimum Gasteiger partial charge on any atom is -0.384 e. The third-order valence-electron chi connectivity index (χ3n) is 3.96.